The molecule has 112 valence electrons. The standard InChI is InChI=1S/C13H21N3O3S/c1-15-13-11(5-14-15)6-16(20(2,17)18)7-12(13)9-19-8-10-3-4-10/h5,10,12H,3-4,6-9H2,1-2H3/t12-/m1/s1. The van der Waals surface area contributed by atoms with Gasteiger partial charge in [-0.05, 0) is 18.8 Å². The van der Waals surface area contributed by atoms with Crippen molar-refractivity contribution in [3.05, 3.63) is 17.5 Å². The van der Waals surface area contributed by atoms with Crippen LogP contribution in [0.15, 0.2) is 6.20 Å². The van der Waals surface area contributed by atoms with Crippen molar-refractivity contribution in [1.29, 1.82) is 0 Å². The SMILES string of the molecule is Cn1ncc2c1[C@@H](COCC1CC1)CN(S(C)(=O)=O)C2. The first-order chi connectivity index (χ1) is 9.45. The van der Waals surface area contributed by atoms with Gasteiger partial charge >= 0.3 is 0 Å². The summed E-state index contributed by atoms with van der Waals surface area (Å²) in [7, 11) is -1.27. The summed E-state index contributed by atoms with van der Waals surface area (Å²) in [5.74, 6) is 0.787. The highest BCUT2D eigenvalue weighted by molar-refractivity contribution is 7.88. The number of rotatable bonds is 5. The van der Waals surface area contributed by atoms with Crippen LogP contribution < -0.4 is 0 Å². The summed E-state index contributed by atoms with van der Waals surface area (Å²) in [6.07, 6.45) is 5.55. The first-order valence-electron chi connectivity index (χ1n) is 6.99. The third-order valence-electron chi connectivity index (χ3n) is 4.06. The summed E-state index contributed by atoms with van der Waals surface area (Å²) < 4.78 is 32.7. The lowest BCUT2D eigenvalue weighted by atomic mass is 9.99. The topological polar surface area (TPSA) is 64.4 Å². The van der Waals surface area contributed by atoms with E-state index in [1.54, 1.807) is 6.20 Å². The van der Waals surface area contributed by atoms with Gasteiger partial charge in [0, 0.05) is 43.9 Å². The molecule has 1 aliphatic carbocycles. The van der Waals surface area contributed by atoms with E-state index in [9.17, 15) is 8.42 Å². The lowest BCUT2D eigenvalue weighted by molar-refractivity contribution is 0.0998. The molecule has 0 spiro atoms. The Kier molecular flexibility index (Phi) is 3.60. The molecule has 0 radical (unpaired) electrons. The van der Waals surface area contributed by atoms with Crippen LogP contribution in [0.1, 0.15) is 30.0 Å². The average Bonchev–Trinajstić information content (AvgIpc) is 3.11. The van der Waals surface area contributed by atoms with E-state index in [4.69, 9.17) is 4.74 Å². The zero-order valence-electron chi connectivity index (χ0n) is 11.9. The van der Waals surface area contributed by atoms with Crippen molar-refractivity contribution in [2.75, 3.05) is 26.0 Å². The number of ether oxygens (including phenoxy) is 1. The number of sulfonamides is 1. The van der Waals surface area contributed by atoms with Crippen LogP contribution in [0.25, 0.3) is 0 Å². The van der Waals surface area contributed by atoms with Crippen molar-refractivity contribution in [2.45, 2.75) is 25.3 Å². The molecule has 1 aromatic heterocycles. The molecule has 2 heterocycles. The molecular formula is C13H21N3O3S. The van der Waals surface area contributed by atoms with Crippen LogP contribution in [0.4, 0.5) is 0 Å². The van der Waals surface area contributed by atoms with E-state index in [2.05, 4.69) is 5.10 Å². The molecule has 0 bridgehead atoms. The van der Waals surface area contributed by atoms with Gasteiger partial charge in [0.15, 0.2) is 0 Å². The first-order valence-corrected chi connectivity index (χ1v) is 8.83. The van der Waals surface area contributed by atoms with Crippen LogP contribution in [0.5, 0.6) is 0 Å². The minimum Gasteiger partial charge on any atom is -0.380 e. The third-order valence-corrected chi connectivity index (χ3v) is 5.28. The smallest absolute Gasteiger partial charge is 0.211 e. The number of nitrogens with zero attached hydrogens (tertiary/aromatic N) is 3. The van der Waals surface area contributed by atoms with Crippen LogP contribution in [0, 0.1) is 5.92 Å². The third kappa shape index (κ3) is 2.89. The Balaban J connectivity index is 1.76. The quantitative estimate of drug-likeness (QED) is 0.803. The molecule has 0 N–H and O–H groups in total. The minimum absolute atomic E-state index is 0.0692. The van der Waals surface area contributed by atoms with Gasteiger partial charge in [0.25, 0.3) is 0 Å². The second kappa shape index (κ2) is 5.13. The molecule has 7 heteroatoms. The van der Waals surface area contributed by atoms with Gasteiger partial charge in [-0.1, -0.05) is 0 Å². The fraction of sp³-hybridized carbons (Fsp3) is 0.769. The fourth-order valence-corrected chi connectivity index (χ4v) is 3.60. The Hall–Kier alpha value is -0.920. The number of hydrogen-bond donors (Lipinski definition) is 0. The van der Waals surface area contributed by atoms with Crippen LogP contribution in [0.2, 0.25) is 0 Å². The van der Waals surface area contributed by atoms with Crippen molar-refractivity contribution in [3.63, 3.8) is 0 Å². The molecule has 6 nitrogen and oxygen atoms in total. The lowest BCUT2D eigenvalue weighted by Crippen LogP contribution is -2.39. The Morgan fingerprint density at radius 1 is 1.40 bits per heavy atom. The van der Waals surface area contributed by atoms with Gasteiger partial charge in [-0.2, -0.15) is 9.40 Å². The largest absolute Gasteiger partial charge is 0.380 e. The molecule has 0 aromatic carbocycles. The van der Waals surface area contributed by atoms with E-state index in [0.717, 1.165) is 23.8 Å². The number of fused-ring (bicyclic) bond motifs is 1. The summed E-state index contributed by atoms with van der Waals surface area (Å²) in [4.78, 5) is 0. The van der Waals surface area contributed by atoms with Crippen LogP contribution in [-0.4, -0.2) is 48.5 Å². The summed E-state index contributed by atoms with van der Waals surface area (Å²) in [6.45, 7) is 2.26. The maximum atomic E-state index is 11.8. The second-order valence-electron chi connectivity index (χ2n) is 5.91. The molecule has 3 rings (SSSR count). The summed E-state index contributed by atoms with van der Waals surface area (Å²) in [5.41, 5.74) is 2.10. The maximum Gasteiger partial charge on any atom is 0.211 e. The molecule has 1 saturated carbocycles. The maximum absolute atomic E-state index is 11.8. The summed E-state index contributed by atoms with van der Waals surface area (Å²) in [5, 5.41) is 4.26. The van der Waals surface area contributed by atoms with Crippen molar-refractivity contribution in [1.82, 2.24) is 14.1 Å². The summed E-state index contributed by atoms with van der Waals surface area (Å²) in [6, 6.07) is 0. The minimum atomic E-state index is -3.18. The van der Waals surface area contributed by atoms with E-state index in [-0.39, 0.29) is 5.92 Å². The van der Waals surface area contributed by atoms with Gasteiger partial charge < -0.3 is 4.74 Å². The van der Waals surface area contributed by atoms with Crippen LogP contribution >= 0.6 is 0 Å². The predicted molar refractivity (Wildman–Crippen MR) is 74.7 cm³/mol. The van der Waals surface area contributed by atoms with Gasteiger partial charge in [0.1, 0.15) is 0 Å². The van der Waals surface area contributed by atoms with Crippen LogP contribution in [0.3, 0.4) is 0 Å². The number of aromatic nitrogens is 2. The summed E-state index contributed by atoms with van der Waals surface area (Å²) >= 11 is 0. The Morgan fingerprint density at radius 2 is 2.15 bits per heavy atom. The Morgan fingerprint density at radius 3 is 2.80 bits per heavy atom. The molecule has 0 saturated heterocycles. The Bertz CT molecular complexity index is 592. The molecule has 1 atom stereocenters. The molecule has 2 aliphatic rings. The zero-order valence-corrected chi connectivity index (χ0v) is 12.8. The van der Waals surface area contributed by atoms with E-state index < -0.39 is 10.0 Å². The first kappa shape index (κ1) is 14.0. The van der Waals surface area contributed by atoms with Gasteiger partial charge in [0.2, 0.25) is 10.0 Å². The molecule has 20 heavy (non-hydrogen) atoms. The average molecular weight is 299 g/mol. The highest BCUT2D eigenvalue weighted by atomic mass is 32.2. The van der Waals surface area contributed by atoms with Gasteiger partial charge in [-0.3, -0.25) is 4.68 Å². The van der Waals surface area contributed by atoms with Crippen LogP contribution in [-0.2, 0) is 28.4 Å². The second-order valence-corrected chi connectivity index (χ2v) is 7.89. The molecular weight excluding hydrogens is 278 g/mol. The van der Waals surface area contributed by atoms with E-state index in [0.29, 0.717) is 19.7 Å². The van der Waals surface area contributed by atoms with Gasteiger partial charge in [-0.25, -0.2) is 8.42 Å². The Labute approximate surface area is 119 Å². The molecule has 0 unspecified atom stereocenters. The molecule has 1 aromatic rings. The van der Waals surface area contributed by atoms with Gasteiger partial charge in [-0.15, -0.1) is 0 Å². The molecule has 0 amide bonds. The van der Waals surface area contributed by atoms with E-state index in [1.165, 1.54) is 23.4 Å². The van der Waals surface area contributed by atoms with Crippen molar-refractivity contribution in [3.8, 4) is 0 Å². The normalized spacial score (nSPS) is 23.8. The van der Waals surface area contributed by atoms with E-state index in [1.807, 2.05) is 11.7 Å². The zero-order chi connectivity index (χ0) is 14.3. The van der Waals surface area contributed by atoms with Crippen molar-refractivity contribution >= 4 is 10.0 Å². The fourth-order valence-electron chi connectivity index (χ4n) is 2.77. The molecule has 1 fully saturated rings. The highest BCUT2D eigenvalue weighted by Crippen LogP contribution is 2.32. The number of aryl methyl sites for hydroxylation is 1. The highest BCUT2D eigenvalue weighted by Gasteiger charge is 2.33. The van der Waals surface area contributed by atoms with Gasteiger partial charge in [0.05, 0.1) is 19.1 Å². The lowest BCUT2D eigenvalue weighted by Gasteiger charge is -2.31. The predicted octanol–water partition coefficient (Wildman–Crippen LogP) is 0.706. The molecule has 1 aliphatic heterocycles. The number of hydrogen-bond acceptors (Lipinski definition) is 4. The van der Waals surface area contributed by atoms with E-state index >= 15 is 0 Å². The van der Waals surface area contributed by atoms with Crippen molar-refractivity contribution in [2.24, 2.45) is 13.0 Å². The van der Waals surface area contributed by atoms with Crippen molar-refractivity contribution < 1.29 is 13.2 Å². The monoisotopic (exact) mass is 299 g/mol.